The lowest BCUT2D eigenvalue weighted by atomic mass is 9.91. The van der Waals surface area contributed by atoms with E-state index < -0.39 is 29.5 Å². The van der Waals surface area contributed by atoms with Gasteiger partial charge in [-0.1, -0.05) is 12.1 Å². The summed E-state index contributed by atoms with van der Waals surface area (Å²) in [4.78, 5) is 23.8. The third-order valence-corrected chi connectivity index (χ3v) is 3.65. The Hall–Kier alpha value is -2.42. The summed E-state index contributed by atoms with van der Waals surface area (Å²) in [7, 11) is 1.05. The first-order valence-electron chi connectivity index (χ1n) is 6.73. The smallest absolute Gasteiger partial charge is 0.416 e. The van der Waals surface area contributed by atoms with Gasteiger partial charge in [-0.25, -0.2) is 4.79 Å². The van der Waals surface area contributed by atoms with Gasteiger partial charge < -0.3 is 15.4 Å². The zero-order valence-electron chi connectivity index (χ0n) is 12.7. The van der Waals surface area contributed by atoms with Crippen LogP contribution in [0.3, 0.4) is 0 Å². The normalized spacial score (nSPS) is 17.9. The molecule has 1 aromatic rings. The van der Waals surface area contributed by atoms with Crippen LogP contribution in [0.4, 0.5) is 13.2 Å². The molecule has 1 aliphatic rings. The van der Waals surface area contributed by atoms with Crippen LogP contribution in [0.5, 0.6) is 0 Å². The van der Waals surface area contributed by atoms with Crippen molar-refractivity contribution in [2.75, 3.05) is 7.11 Å². The number of carbonyl (C=O) groups excluding carboxylic acids is 2. The molecule has 0 unspecified atom stereocenters. The van der Waals surface area contributed by atoms with Crippen LogP contribution in [0.2, 0.25) is 0 Å². The maximum absolute atomic E-state index is 12.9. The second kappa shape index (κ2) is 6.60. The molecule has 0 saturated carbocycles. The number of benzene rings is 1. The molecule has 2 N–H and O–H groups in total. The first-order chi connectivity index (χ1) is 11.1. The fourth-order valence-electron chi connectivity index (χ4n) is 2.34. The highest BCUT2D eigenvalue weighted by molar-refractivity contribution is 7.80. The van der Waals surface area contributed by atoms with E-state index in [1.807, 2.05) is 0 Å². The SMILES string of the molecule is COC(=O)C(=O)C1=C(C)NC(=S)N[C@H]1c1cccc(C(F)(F)F)c1. The average molecular weight is 358 g/mol. The zero-order chi connectivity index (χ0) is 18.1. The van der Waals surface area contributed by atoms with E-state index in [0.717, 1.165) is 19.2 Å². The van der Waals surface area contributed by atoms with Crippen molar-refractivity contribution in [3.63, 3.8) is 0 Å². The second-order valence-electron chi connectivity index (χ2n) is 5.01. The van der Waals surface area contributed by atoms with Crippen LogP contribution in [-0.2, 0) is 20.5 Å². The monoisotopic (exact) mass is 358 g/mol. The summed E-state index contributed by atoms with van der Waals surface area (Å²) in [5, 5.41) is 5.54. The number of thiocarbonyl (C=S) groups is 1. The number of esters is 1. The van der Waals surface area contributed by atoms with Gasteiger partial charge in [0.15, 0.2) is 5.11 Å². The number of allylic oxidation sites excluding steroid dienone is 1. The van der Waals surface area contributed by atoms with Crippen molar-refractivity contribution in [2.24, 2.45) is 0 Å². The standard InChI is InChI=1S/C15H13F3N2O3S/c1-7-10(12(21)13(22)23-2)11(20-14(24)19-7)8-4-3-5-9(6-8)15(16,17)18/h3-6,11H,1-2H3,(H2,19,20,24)/t11-/m0/s1. The highest BCUT2D eigenvalue weighted by Gasteiger charge is 2.36. The quantitative estimate of drug-likeness (QED) is 0.491. The molecule has 1 aromatic carbocycles. The Morgan fingerprint density at radius 3 is 2.54 bits per heavy atom. The Bertz CT molecular complexity index is 744. The summed E-state index contributed by atoms with van der Waals surface area (Å²) in [6.07, 6.45) is -4.53. The summed E-state index contributed by atoms with van der Waals surface area (Å²) in [5.41, 5.74) is -0.486. The van der Waals surface area contributed by atoms with Gasteiger partial charge >= 0.3 is 12.1 Å². The Morgan fingerprint density at radius 2 is 1.96 bits per heavy atom. The number of halogens is 3. The van der Waals surface area contributed by atoms with Gasteiger partial charge in [0, 0.05) is 5.70 Å². The molecule has 128 valence electrons. The fourth-order valence-corrected chi connectivity index (χ4v) is 2.61. The summed E-state index contributed by atoms with van der Waals surface area (Å²) >= 11 is 4.99. The van der Waals surface area contributed by atoms with E-state index >= 15 is 0 Å². The Morgan fingerprint density at radius 1 is 1.29 bits per heavy atom. The van der Waals surface area contributed by atoms with Crippen molar-refractivity contribution in [1.82, 2.24) is 10.6 Å². The van der Waals surface area contributed by atoms with Gasteiger partial charge in [0.2, 0.25) is 0 Å². The summed E-state index contributed by atoms with van der Waals surface area (Å²) < 4.78 is 43.2. The lowest BCUT2D eigenvalue weighted by molar-refractivity contribution is -0.150. The molecule has 0 spiro atoms. The average Bonchev–Trinajstić information content (AvgIpc) is 2.52. The lowest BCUT2D eigenvalue weighted by Crippen LogP contribution is -2.46. The molecule has 2 rings (SSSR count). The fraction of sp³-hybridized carbons (Fsp3) is 0.267. The maximum atomic E-state index is 12.9. The summed E-state index contributed by atoms with van der Waals surface area (Å²) in [6.45, 7) is 1.50. The van der Waals surface area contributed by atoms with Crippen LogP contribution in [0, 0.1) is 0 Å². The lowest BCUT2D eigenvalue weighted by Gasteiger charge is -2.30. The number of methoxy groups -OCH3 is 1. The highest BCUT2D eigenvalue weighted by Crippen LogP contribution is 2.33. The van der Waals surface area contributed by atoms with Crippen LogP contribution >= 0.6 is 12.2 Å². The largest absolute Gasteiger partial charge is 0.463 e. The van der Waals surface area contributed by atoms with Crippen molar-refractivity contribution in [3.05, 3.63) is 46.7 Å². The van der Waals surface area contributed by atoms with Gasteiger partial charge in [0.1, 0.15) is 0 Å². The second-order valence-corrected chi connectivity index (χ2v) is 5.42. The third-order valence-electron chi connectivity index (χ3n) is 3.43. The van der Waals surface area contributed by atoms with Gasteiger partial charge in [0.25, 0.3) is 5.78 Å². The highest BCUT2D eigenvalue weighted by atomic mass is 32.1. The molecule has 0 saturated heterocycles. The number of carbonyl (C=O) groups is 2. The molecule has 0 radical (unpaired) electrons. The van der Waals surface area contributed by atoms with Gasteiger partial charge in [-0.3, -0.25) is 4.79 Å². The van der Waals surface area contributed by atoms with Crippen molar-refractivity contribution < 1.29 is 27.5 Å². The van der Waals surface area contributed by atoms with E-state index in [-0.39, 0.29) is 21.9 Å². The van der Waals surface area contributed by atoms with E-state index in [2.05, 4.69) is 15.4 Å². The minimum absolute atomic E-state index is 0.0465. The van der Waals surface area contributed by atoms with Gasteiger partial charge in [-0.2, -0.15) is 13.2 Å². The molecule has 9 heteroatoms. The van der Waals surface area contributed by atoms with Crippen molar-refractivity contribution in [3.8, 4) is 0 Å². The molecule has 1 aliphatic heterocycles. The number of rotatable bonds is 3. The number of ketones is 1. The maximum Gasteiger partial charge on any atom is 0.416 e. The van der Waals surface area contributed by atoms with E-state index in [1.54, 1.807) is 0 Å². The molecule has 5 nitrogen and oxygen atoms in total. The van der Waals surface area contributed by atoms with Gasteiger partial charge in [0.05, 0.1) is 24.3 Å². The molecule has 0 amide bonds. The summed E-state index contributed by atoms with van der Waals surface area (Å²) in [5.74, 6) is -2.07. The number of alkyl halides is 3. The molecule has 24 heavy (non-hydrogen) atoms. The minimum atomic E-state index is -4.53. The number of nitrogens with one attached hydrogen (secondary N) is 2. The number of ether oxygens (including phenoxy) is 1. The van der Waals surface area contributed by atoms with E-state index in [1.165, 1.54) is 19.1 Å². The molecule has 0 fully saturated rings. The molecule has 0 aliphatic carbocycles. The predicted octanol–water partition coefficient (Wildman–Crippen LogP) is 2.24. The number of hydrogen-bond acceptors (Lipinski definition) is 4. The predicted molar refractivity (Wildman–Crippen MR) is 82.8 cm³/mol. The van der Waals surface area contributed by atoms with Gasteiger partial charge in [-0.05, 0) is 36.8 Å². The Balaban J connectivity index is 2.53. The zero-order valence-corrected chi connectivity index (χ0v) is 13.5. The molecule has 0 bridgehead atoms. The van der Waals surface area contributed by atoms with Crippen LogP contribution in [0.1, 0.15) is 24.1 Å². The molecular formula is C15H13F3N2O3S. The molecular weight excluding hydrogens is 345 g/mol. The Labute approximate surface area is 140 Å². The summed E-state index contributed by atoms with van der Waals surface area (Å²) in [6, 6.07) is 3.47. The van der Waals surface area contributed by atoms with E-state index in [4.69, 9.17) is 12.2 Å². The van der Waals surface area contributed by atoms with Crippen LogP contribution in [0.15, 0.2) is 35.5 Å². The topological polar surface area (TPSA) is 67.4 Å². The van der Waals surface area contributed by atoms with Crippen LogP contribution in [-0.4, -0.2) is 24.0 Å². The molecule has 1 atom stereocenters. The minimum Gasteiger partial charge on any atom is -0.463 e. The van der Waals surface area contributed by atoms with Crippen molar-refractivity contribution >= 4 is 29.1 Å². The molecule has 1 heterocycles. The van der Waals surface area contributed by atoms with Crippen LogP contribution < -0.4 is 10.6 Å². The Kier molecular flexibility index (Phi) is 4.93. The van der Waals surface area contributed by atoms with E-state index in [0.29, 0.717) is 0 Å². The first-order valence-corrected chi connectivity index (χ1v) is 7.14. The number of hydrogen-bond donors (Lipinski definition) is 2. The third kappa shape index (κ3) is 3.56. The first kappa shape index (κ1) is 17.9. The molecule has 0 aromatic heterocycles. The van der Waals surface area contributed by atoms with Crippen molar-refractivity contribution in [2.45, 2.75) is 19.1 Å². The number of Topliss-reactive ketones (excluding diaryl/α,β-unsaturated/α-hetero) is 1. The van der Waals surface area contributed by atoms with E-state index in [9.17, 15) is 22.8 Å². The van der Waals surface area contributed by atoms with Crippen LogP contribution in [0.25, 0.3) is 0 Å². The van der Waals surface area contributed by atoms with Gasteiger partial charge in [-0.15, -0.1) is 0 Å². The van der Waals surface area contributed by atoms with Crippen molar-refractivity contribution in [1.29, 1.82) is 0 Å².